The smallest absolute Gasteiger partial charge is 0.408 e. The molecule has 1 aliphatic rings. The molecule has 3 rings (SSSR count). The van der Waals surface area contributed by atoms with Crippen LogP contribution in [0.25, 0.3) is 11.1 Å². The van der Waals surface area contributed by atoms with Gasteiger partial charge in [0.25, 0.3) is 0 Å². The molecule has 0 amide bonds. The summed E-state index contributed by atoms with van der Waals surface area (Å²) in [5, 5.41) is 3.41. The summed E-state index contributed by atoms with van der Waals surface area (Å²) in [4.78, 5) is 13.9. The van der Waals surface area contributed by atoms with Gasteiger partial charge in [0.05, 0.1) is 18.7 Å². The number of nitrogens with one attached hydrogen (secondary N) is 2. The third kappa shape index (κ3) is 2.63. The van der Waals surface area contributed by atoms with E-state index >= 15 is 0 Å². The lowest BCUT2D eigenvalue weighted by Gasteiger charge is -2.16. The van der Waals surface area contributed by atoms with Crippen LogP contribution in [-0.4, -0.2) is 24.7 Å². The average molecular weight is 274 g/mol. The molecule has 2 aromatic rings. The number of aromatic amines is 1. The molecule has 0 radical (unpaired) electrons. The topological polar surface area (TPSA) is 67.3 Å². The third-order valence-corrected chi connectivity index (χ3v) is 3.51. The van der Waals surface area contributed by atoms with E-state index in [2.05, 4.69) is 23.3 Å². The van der Waals surface area contributed by atoms with Gasteiger partial charge in [0.2, 0.25) is 0 Å². The fourth-order valence-corrected chi connectivity index (χ4v) is 2.44. The van der Waals surface area contributed by atoms with Gasteiger partial charge in [-0.1, -0.05) is 13.0 Å². The molecule has 0 atom stereocenters. The maximum Gasteiger partial charge on any atom is 0.417 e. The lowest BCUT2D eigenvalue weighted by atomic mass is 10.1. The summed E-state index contributed by atoms with van der Waals surface area (Å²) in [6.45, 7) is 4.35. The van der Waals surface area contributed by atoms with E-state index in [9.17, 15) is 4.79 Å². The normalized spacial score (nSPS) is 15.3. The Morgan fingerprint density at radius 1 is 1.40 bits per heavy atom. The second-order valence-electron chi connectivity index (χ2n) is 4.93. The molecule has 0 spiro atoms. The number of ether oxygens (including phenoxy) is 1. The van der Waals surface area contributed by atoms with Crippen molar-refractivity contribution in [3.8, 4) is 0 Å². The monoisotopic (exact) mass is 274 g/mol. The van der Waals surface area contributed by atoms with Crippen molar-refractivity contribution in [3.05, 3.63) is 39.9 Å². The fraction of sp³-hybridized carbons (Fsp3) is 0.400. The van der Waals surface area contributed by atoms with Crippen molar-refractivity contribution in [3.63, 3.8) is 0 Å². The van der Waals surface area contributed by atoms with Crippen LogP contribution in [0.5, 0.6) is 0 Å². The first-order valence-electron chi connectivity index (χ1n) is 6.91. The van der Waals surface area contributed by atoms with E-state index in [-0.39, 0.29) is 0 Å². The Kier molecular flexibility index (Phi) is 3.60. The van der Waals surface area contributed by atoms with Gasteiger partial charge in [-0.3, -0.25) is 4.98 Å². The highest BCUT2D eigenvalue weighted by atomic mass is 16.5. The fourth-order valence-electron chi connectivity index (χ4n) is 2.44. The lowest BCUT2D eigenvalue weighted by Crippen LogP contribution is -2.14. The number of H-pyrrole nitrogens is 1. The van der Waals surface area contributed by atoms with Crippen LogP contribution in [0.1, 0.15) is 18.9 Å². The summed E-state index contributed by atoms with van der Waals surface area (Å²) >= 11 is 0. The molecule has 0 saturated carbocycles. The summed E-state index contributed by atoms with van der Waals surface area (Å²) in [6, 6.07) is 3.85. The van der Waals surface area contributed by atoms with E-state index in [0.717, 1.165) is 42.8 Å². The minimum absolute atomic E-state index is 0.414. The molecule has 106 valence electrons. The first kappa shape index (κ1) is 13.0. The van der Waals surface area contributed by atoms with Gasteiger partial charge in [-0.05, 0) is 30.0 Å². The minimum atomic E-state index is -0.414. The van der Waals surface area contributed by atoms with Crippen molar-refractivity contribution < 1.29 is 9.15 Å². The maximum atomic E-state index is 11.2. The average Bonchev–Trinajstić information content (AvgIpc) is 2.84. The Bertz CT molecular complexity index is 697. The van der Waals surface area contributed by atoms with E-state index in [1.54, 1.807) is 0 Å². The first-order valence-corrected chi connectivity index (χ1v) is 6.91. The van der Waals surface area contributed by atoms with Crippen LogP contribution in [0.2, 0.25) is 0 Å². The highest BCUT2D eigenvalue weighted by molar-refractivity contribution is 5.79. The predicted molar refractivity (Wildman–Crippen MR) is 78.2 cm³/mol. The van der Waals surface area contributed by atoms with Crippen molar-refractivity contribution in [2.24, 2.45) is 0 Å². The quantitative estimate of drug-likeness (QED) is 0.840. The van der Waals surface area contributed by atoms with E-state index in [1.165, 1.54) is 5.57 Å². The van der Waals surface area contributed by atoms with E-state index in [0.29, 0.717) is 12.2 Å². The predicted octanol–water partition coefficient (Wildman–Crippen LogP) is 2.44. The van der Waals surface area contributed by atoms with Gasteiger partial charge in [0.15, 0.2) is 5.58 Å². The molecule has 20 heavy (non-hydrogen) atoms. The largest absolute Gasteiger partial charge is 0.417 e. The molecule has 0 saturated heterocycles. The Labute approximate surface area is 116 Å². The molecule has 0 unspecified atom stereocenters. The van der Waals surface area contributed by atoms with Crippen molar-refractivity contribution in [1.82, 2.24) is 4.98 Å². The summed E-state index contributed by atoms with van der Waals surface area (Å²) in [6.07, 6.45) is 4.08. The molecule has 2 N–H and O–H groups in total. The molecule has 1 aromatic carbocycles. The molecule has 1 aliphatic heterocycles. The van der Waals surface area contributed by atoms with E-state index in [1.807, 2.05) is 12.1 Å². The highest BCUT2D eigenvalue weighted by Crippen LogP contribution is 2.23. The van der Waals surface area contributed by atoms with Gasteiger partial charge in [0.1, 0.15) is 0 Å². The van der Waals surface area contributed by atoms with Gasteiger partial charge in [-0.25, -0.2) is 4.79 Å². The number of benzene rings is 1. The summed E-state index contributed by atoms with van der Waals surface area (Å²) in [5.41, 5.74) is 4.76. The molecule has 2 heterocycles. The molecule has 0 aliphatic carbocycles. The number of anilines is 1. The van der Waals surface area contributed by atoms with Gasteiger partial charge in [0, 0.05) is 18.3 Å². The van der Waals surface area contributed by atoms with Crippen molar-refractivity contribution in [1.29, 1.82) is 0 Å². The third-order valence-electron chi connectivity index (χ3n) is 3.51. The number of oxazole rings is 1. The number of rotatable bonds is 4. The summed E-state index contributed by atoms with van der Waals surface area (Å²) < 4.78 is 10.5. The zero-order valence-corrected chi connectivity index (χ0v) is 11.5. The molecule has 5 nitrogen and oxygen atoms in total. The van der Waals surface area contributed by atoms with Crippen LogP contribution >= 0.6 is 0 Å². The number of hydrogen-bond acceptors (Lipinski definition) is 4. The Morgan fingerprint density at radius 3 is 3.05 bits per heavy atom. The first-order chi connectivity index (χ1) is 9.76. The van der Waals surface area contributed by atoms with Crippen LogP contribution in [0.15, 0.2) is 33.0 Å². The Balaban J connectivity index is 1.85. The van der Waals surface area contributed by atoms with Crippen LogP contribution in [-0.2, 0) is 11.2 Å². The molecular weight excluding hydrogens is 256 g/mol. The Hall–Kier alpha value is -2.01. The molecule has 5 heteroatoms. The van der Waals surface area contributed by atoms with Crippen LogP contribution in [0.3, 0.4) is 0 Å². The number of hydrogen-bond donors (Lipinski definition) is 2. The lowest BCUT2D eigenvalue weighted by molar-refractivity contribution is 0.150. The van der Waals surface area contributed by atoms with Gasteiger partial charge in [-0.2, -0.15) is 0 Å². The summed E-state index contributed by atoms with van der Waals surface area (Å²) in [5.74, 6) is -0.414. The van der Waals surface area contributed by atoms with E-state index < -0.39 is 5.76 Å². The SMILES string of the molecule is CCc1cc2[nH]c(=O)oc2cc1NCC1=CCCOC1. The molecule has 1 aromatic heterocycles. The van der Waals surface area contributed by atoms with E-state index in [4.69, 9.17) is 9.15 Å². The van der Waals surface area contributed by atoms with Gasteiger partial charge in [-0.15, -0.1) is 0 Å². The van der Waals surface area contributed by atoms with Crippen molar-refractivity contribution in [2.75, 3.05) is 25.1 Å². The van der Waals surface area contributed by atoms with Gasteiger partial charge < -0.3 is 14.5 Å². The number of aromatic nitrogens is 1. The second kappa shape index (κ2) is 5.54. The second-order valence-corrected chi connectivity index (χ2v) is 4.93. The van der Waals surface area contributed by atoms with Crippen LogP contribution < -0.4 is 11.1 Å². The van der Waals surface area contributed by atoms with Crippen LogP contribution in [0, 0.1) is 0 Å². The number of aryl methyl sites for hydroxylation is 1. The molecular formula is C15H18N2O3. The maximum absolute atomic E-state index is 11.2. The van der Waals surface area contributed by atoms with Gasteiger partial charge >= 0.3 is 5.76 Å². The minimum Gasteiger partial charge on any atom is -0.408 e. The zero-order valence-electron chi connectivity index (χ0n) is 11.5. The van der Waals surface area contributed by atoms with Crippen LogP contribution in [0.4, 0.5) is 5.69 Å². The molecule has 0 fully saturated rings. The summed E-state index contributed by atoms with van der Waals surface area (Å²) in [7, 11) is 0. The zero-order chi connectivity index (χ0) is 13.9. The van der Waals surface area contributed by atoms with Crippen molar-refractivity contribution >= 4 is 16.8 Å². The number of fused-ring (bicyclic) bond motifs is 1. The standard InChI is InChI=1S/C15H18N2O3/c1-2-11-6-13-14(20-15(18)17-13)7-12(11)16-8-10-4-3-5-19-9-10/h4,6-7,16H,2-3,5,8-9H2,1H3,(H,17,18). The van der Waals surface area contributed by atoms with Crippen molar-refractivity contribution in [2.45, 2.75) is 19.8 Å². The molecule has 0 bridgehead atoms. The highest BCUT2D eigenvalue weighted by Gasteiger charge is 2.09. The Morgan fingerprint density at radius 2 is 2.30 bits per heavy atom.